The first-order chi connectivity index (χ1) is 6.91. The SMILES string of the molecule is [2H]C([2H])([2H])C(=O)NCc1nccnc1Cl. The maximum Gasteiger partial charge on any atom is 0.217 e. The molecule has 1 aromatic heterocycles. The van der Waals surface area contributed by atoms with Gasteiger partial charge in [0.1, 0.15) is 0 Å². The van der Waals surface area contributed by atoms with Crippen molar-refractivity contribution in [1.82, 2.24) is 15.3 Å². The fraction of sp³-hybridized carbons (Fsp3) is 0.286. The average molecular weight is 189 g/mol. The van der Waals surface area contributed by atoms with Gasteiger partial charge >= 0.3 is 0 Å². The molecule has 0 saturated heterocycles. The van der Waals surface area contributed by atoms with Crippen LogP contribution in [0.15, 0.2) is 12.4 Å². The largest absolute Gasteiger partial charge is 0.351 e. The zero-order valence-electron chi connectivity index (χ0n) is 9.04. The molecule has 0 radical (unpaired) electrons. The molecular weight excluding hydrogens is 178 g/mol. The second-order valence-corrected chi connectivity index (χ2v) is 2.33. The smallest absolute Gasteiger partial charge is 0.217 e. The highest BCUT2D eigenvalue weighted by atomic mass is 35.5. The van der Waals surface area contributed by atoms with Gasteiger partial charge in [0.2, 0.25) is 5.91 Å². The molecule has 0 saturated carbocycles. The van der Waals surface area contributed by atoms with Crippen molar-refractivity contribution in [2.45, 2.75) is 13.4 Å². The highest BCUT2D eigenvalue weighted by Crippen LogP contribution is 2.07. The first kappa shape index (κ1) is 5.48. The molecule has 5 heteroatoms. The fourth-order valence-electron chi connectivity index (χ4n) is 0.632. The highest BCUT2D eigenvalue weighted by molar-refractivity contribution is 6.29. The number of nitrogens with zero attached hydrogens (tertiary/aromatic N) is 2. The summed E-state index contributed by atoms with van der Waals surface area (Å²) in [6, 6.07) is 0. The molecule has 0 atom stereocenters. The molecule has 0 fully saturated rings. The number of carbonyl (C=O) groups is 1. The van der Waals surface area contributed by atoms with E-state index in [0.29, 0.717) is 5.69 Å². The topological polar surface area (TPSA) is 54.9 Å². The normalized spacial score (nSPS) is 14.2. The standard InChI is InChI=1S/C7H8ClN3O/c1-5(12)11-4-6-7(8)10-3-2-9-6/h2-3H,4H2,1H3,(H,11,12)/i1D3. The lowest BCUT2D eigenvalue weighted by Gasteiger charge is -2.01. The maximum absolute atomic E-state index is 11.0. The van der Waals surface area contributed by atoms with E-state index in [1.165, 1.54) is 12.4 Å². The average Bonchev–Trinajstić information content (AvgIpc) is 2.14. The van der Waals surface area contributed by atoms with E-state index < -0.39 is 12.8 Å². The van der Waals surface area contributed by atoms with Gasteiger partial charge < -0.3 is 5.32 Å². The summed E-state index contributed by atoms with van der Waals surface area (Å²) in [6.45, 7) is -2.71. The number of carbonyl (C=O) groups excluding carboxylic acids is 1. The third kappa shape index (κ3) is 2.47. The molecule has 0 aliphatic rings. The van der Waals surface area contributed by atoms with Crippen LogP contribution in [0.5, 0.6) is 0 Å². The molecule has 1 aromatic rings. The molecule has 1 rings (SSSR count). The van der Waals surface area contributed by atoms with Crippen molar-refractivity contribution in [3.63, 3.8) is 0 Å². The molecule has 0 aliphatic heterocycles. The lowest BCUT2D eigenvalue weighted by atomic mass is 10.4. The molecule has 64 valence electrons. The van der Waals surface area contributed by atoms with Crippen LogP contribution in [0, 0.1) is 0 Å². The summed E-state index contributed by atoms with van der Waals surface area (Å²) in [4.78, 5) is 18.6. The number of rotatable bonds is 2. The fourth-order valence-corrected chi connectivity index (χ4v) is 0.804. The van der Waals surface area contributed by atoms with Crippen LogP contribution < -0.4 is 5.32 Å². The molecule has 0 unspecified atom stereocenters. The minimum atomic E-state index is -2.66. The molecular formula is C7H8ClN3O. The summed E-state index contributed by atoms with van der Waals surface area (Å²) < 4.78 is 20.4. The number of hydrogen-bond donors (Lipinski definition) is 1. The lowest BCUT2D eigenvalue weighted by Crippen LogP contribution is -2.19. The van der Waals surface area contributed by atoms with Gasteiger partial charge in [-0.05, 0) is 0 Å². The van der Waals surface area contributed by atoms with E-state index in [1.54, 1.807) is 0 Å². The van der Waals surface area contributed by atoms with Crippen LogP contribution in [0.3, 0.4) is 0 Å². The Morgan fingerprint density at radius 1 is 1.75 bits per heavy atom. The van der Waals surface area contributed by atoms with Gasteiger partial charge in [0, 0.05) is 23.4 Å². The number of hydrogen-bond acceptors (Lipinski definition) is 3. The van der Waals surface area contributed by atoms with Crippen LogP contribution in [0.2, 0.25) is 5.15 Å². The molecule has 0 aliphatic carbocycles. The zero-order chi connectivity index (χ0) is 11.5. The van der Waals surface area contributed by atoms with Crippen molar-refractivity contribution in [2.75, 3.05) is 0 Å². The Kier molecular flexibility index (Phi) is 1.83. The van der Waals surface area contributed by atoms with Crippen molar-refractivity contribution in [2.24, 2.45) is 0 Å². The van der Waals surface area contributed by atoms with Crippen molar-refractivity contribution < 1.29 is 8.91 Å². The minimum absolute atomic E-state index is 0.0517. The number of halogens is 1. The second-order valence-electron chi connectivity index (χ2n) is 1.98. The van der Waals surface area contributed by atoms with Gasteiger partial charge in [-0.3, -0.25) is 9.78 Å². The molecule has 1 N–H and O–H groups in total. The van der Waals surface area contributed by atoms with Gasteiger partial charge in [-0.25, -0.2) is 4.98 Å². The first-order valence-corrected chi connectivity index (χ1v) is 3.53. The predicted molar refractivity (Wildman–Crippen MR) is 44.6 cm³/mol. The summed E-state index contributed by atoms with van der Waals surface area (Å²) >= 11 is 5.66. The third-order valence-electron chi connectivity index (χ3n) is 1.14. The Balaban J connectivity index is 2.59. The quantitative estimate of drug-likeness (QED) is 0.746. The van der Waals surface area contributed by atoms with E-state index in [4.69, 9.17) is 15.7 Å². The molecule has 4 nitrogen and oxygen atoms in total. The monoisotopic (exact) mass is 188 g/mol. The number of nitrogens with one attached hydrogen (secondary N) is 1. The molecule has 1 heterocycles. The second kappa shape index (κ2) is 4.01. The van der Waals surface area contributed by atoms with Crippen LogP contribution in [-0.4, -0.2) is 15.9 Å². The lowest BCUT2D eigenvalue weighted by molar-refractivity contribution is -0.119. The van der Waals surface area contributed by atoms with Crippen molar-refractivity contribution in [1.29, 1.82) is 0 Å². The molecule has 0 aromatic carbocycles. The van der Waals surface area contributed by atoms with Gasteiger partial charge in [-0.2, -0.15) is 0 Å². The van der Waals surface area contributed by atoms with Crippen LogP contribution in [0.4, 0.5) is 0 Å². The highest BCUT2D eigenvalue weighted by Gasteiger charge is 2.01. The summed E-state index contributed by atoms with van der Waals surface area (Å²) in [7, 11) is 0. The Bertz CT molecular complexity index is 369. The number of aromatic nitrogens is 2. The van der Waals surface area contributed by atoms with Gasteiger partial charge in [-0.15, -0.1) is 0 Å². The first-order valence-electron chi connectivity index (χ1n) is 4.65. The Morgan fingerprint density at radius 3 is 3.17 bits per heavy atom. The van der Waals surface area contributed by atoms with E-state index in [1.807, 2.05) is 0 Å². The number of amides is 1. The molecule has 1 amide bonds. The van der Waals surface area contributed by atoms with E-state index in [0.717, 1.165) is 0 Å². The Hall–Kier alpha value is -1.16. The van der Waals surface area contributed by atoms with Crippen LogP contribution >= 0.6 is 11.6 Å². The van der Waals surface area contributed by atoms with Crippen molar-refractivity contribution in [3.8, 4) is 0 Å². The van der Waals surface area contributed by atoms with Gasteiger partial charge in [0.05, 0.1) is 12.2 Å². The molecule has 12 heavy (non-hydrogen) atoms. The molecule has 0 bridgehead atoms. The Labute approximate surface area is 79.2 Å². The van der Waals surface area contributed by atoms with Crippen molar-refractivity contribution in [3.05, 3.63) is 23.2 Å². The third-order valence-corrected chi connectivity index (χ3v) is 1.46. The summed E-state index contributed by atoms with van der Waals surface area (Å²) in [6.07, 6.45) is 2.81. The van der Waals surface area contributed by atoms with E-state index in [-0.39, 0.29) is 11.7 Å². The van der Waals surface area contributed by atoms with Gasteiger partial charge in [0.25, 0.3) is 0 Å². The maximum atomic E-state index is 11.0. The summed E-state index contributed by atoms with van der Waals surface area (Å²) in [5.41, 5.74) is 0.330. The van der Waals surface area contributed by atoms with Crippen molar-refractivity contribution >= 4 is 17.5 Å². The van der Waals surface area contributed by atoms with Crippen LogP contribution in [0.1, 0.15) is 16.7 Å². The van der Waals surface area contributed by atoms with E-state index in [9.17, 15) is 4.79 Å². The molecule has 0 spiro atoms. The van der Waals surface area contributed by atoms with Crippen LogP contribution in [0.25, 0.3) is 0 Å². The predicted octanol–water partition coefficient (Wildman–Crippen LogP) is 0.766. The Morgan fingerprint density at radius 2 is 2.50 bits per heavy atom. The summed E-state index contributed by atoms with van der Waals surface area (Å²) in [5.74, 6) is -1.04. The zero-order valence-corrected chi connectivity index (χ0v) is 6.80. The minimum Gasteiger partial charge on any atom is -0.351 e. The van der Waals surface area contributed by atoms with E-state index >= 15 is 0 Å². The summed E-state index contributed by atoms with van der Waals surface area (Å²) in [5, 5.41) is 2.33. The van der Waals surface area contributed by atoms with Gasteiger partial charge in [-0.1, -0.05) is 11.6 Å². The van der Waals surface area contributed by atoms with Gasteiger partial charge in [0.15, 0.2) is 5.15 Å². The van der Waals surface area contributed by atoms with E-state index in [2.05, 4.69) is 15.3 Å². The van der Waals surface area contributed by atoms with Crippen LogP contribution in [-0.2, 0) is 11.3 Å².